The summed E-state index contributed by atoms with van der Waals surface area (Å²) in [6, 6.07) is 9.75. The van der Waals surface area contributed by atoms with Gasteiger partial charge < -0.3 is 14.2 Å². The lowest BCUT2D eigenvalue weighted by Crippen LogP contribution is -2.22. The maximum Gasteiger partial charge on any atom is 0.171 e. The lowest BCUT2D eigenvalue weighted by Gasteiger charge is -2.20. The minimum atomic E-state index is -1.17. The number of nitrogens with zero attached hydrogens (tertiary/aromatic N) is 4. The smallest absolute Gasteiger partial charge is 0.171 e. The van der Waals surface area contributed by atoms with E-state index in [1.54, 1.807) is 0 Å². The van der Waals surface area contributed by atoms with E-state index in [4.69, 9.17) is 14.7 Å². The zero-order chi connectivity index (χ0) is 26.4. The van der Waals surface area contributed by atoms with Crippen molar-refractivity contribution in [3.63, 3.8) is 0 Å². The molecule has 37 heavy (non-hydrogen) atoms. The third-order valence-corrected chi connectivity index (χ3v) is 9.66. The highest BCUT2D eigenvalue weighted by atomic mass is 28.3. The molecule has 0 unspecified atom stereocenters. The molecule has 1 saturated carbocycles. The molecule has 1 aliphatic heterocycles. The van der Waals surface area contributed by atoms with Crippen LogP contribution in [0.25, 0.3) is 22.4 Å². The molecule has 2 aliphatic rings. The third-order valence-electron chi connectivity index (χ3n) is 7.95. The van der Waals surface area contributed by atoms with Crippen molar-refractivity contribution in [1.82, 2.24) is 14.5 Å². The molecule has 7 heteroatoms. The molecular weight excluding hydrogens is 476 g/mol. The monoisotopic (exact) mass is 518 g/mol. The first-order valence-electron chi connectivity index (χ1n) is 13.8. The summed E-state index contributed by atoms with van der Waals surface area (Å²) in [5, 5.41) is 0. The van der Waals surface area contributed by atoms with Crippen molar-refractivity contribution in [1.29, 1.82) is 0 Å². The molecule has 2 atom stereocenters. The van der Waals surface area contributed by atoms with Crippen LogP contribution in [0.2, 0.25) is 25.7 Å². The Bertz CT molecular complexity index is 1270. The summed E-state index contributed by atoms with van der Waals surface area (Å²) < 4.78 is 7.95. The summed E-state index contributed by atoms with van der Waals surface area (Å²) in [5.41, 5.74) is 4.57. The fourth-order valence-electron chi connectivity index (χ4n) is 5.71. The first-order valence-corrected chi connectivity index (χ1v) is 17.5. The number of hydrogen-bond acceptors (Lipinski definition) is 5. The first-order chi connectivity index (χ1) is 17.5. The Kier molecular flexibility index (Phi) is 7.05. The Morgan fingerprint density at radius 1 is 1.14 bits per heavy atom. The van der Waals surface area contributed by atoms with Crippen molar-refractivity contribution in [2.75, 3.05) is 24.6 Å². The van der Waals surface area contributed by atoms with Crippen LogP contribution in [0.1, 0.15) is 50.4 Å². The molecule has 1 saturated heterocycles. The average Bonchev–Trinajstić information content (AvgIpc) is 3.54. The largest absolute Gasteiger partial charge is 0.371 e. The standard InChI is InChI=1S/C30H42N4O2Si/c1-30(2,3)28(35)25-19-34(20-36-13-14-37(4,5)6)29-27(25)32-26(16-31-29)21-9-8-12-24(15-21)33-17-22-10-7-11-23(22)18-33/h8-9,12,15-16,19,22-23H,7,10-11,13-14,17-18,20H2,1-6H3/t22-,23+. The molecule has 2 fully saturated rings. The molecule has 1 aliphatic carbocycles. The second-order valence-corrected chi connectivity index (χ2v) is 18.9. The molecule has 6 nitrogen and oxygen atoms in total. The van der Waals surface area contributed by atoms with Crippen LogP contribution in [0.15, 0.2) is 36.7 Å². The number of benzene rings is 1. The lowest BCUT2D eigenvalue weighted by molar-refractivity contribution is 0.0849. The van der Waals surface area contributed by atoms with Gasteiger partial charge in [-0.15, -0.1) is 0 Å². The topological polar surface area (TPSA) is 60.3 Å². The summed E-state index contributed by atoms with van der Waals surface area (Å²) in [4.78, 5) is 25.8. The number of anilines is 1. The number of hydrogen-bond donors (Lipinski definition) is 0. The van der Waals surface area contributed by atoms with Gasteiger partial charge in [0.2, 0.25) is 0 Å². The van der Waals surface area contributed by atoms with Crippen molar-refractivity contribution < 1.29 is 9.53 Å². The van der Waals surface area contributed by atoms with Crippen LogP contribution in [0.3, 0.4) is 0 Å². The van der Waals surface area contributed by atoms with Crippen LogP contribution in [0, 0.1) is 17.3 Å². The first kappa shape index (κ1) is 26.1. The number of rotatable bonds is 8. The highest BCUT2D eigenvalue weighted by molar-refractivity contribution is 6.76. The minimum absolute atomic E-state index is 0.0714. The van der Waals surface area contributed by atoms with Gasteiger partial charge in [-0.3, -0.25) is 4.79 Å². The quantitative estimate of drug-likeness (QED) is 0.185. The molecule has 0 N–H and O–H groups in total. The van der Waals surface area contributed by atoms with Gasteiger partial charge in [0.1, 0.15) is 12.2 Å². The van der Waals surface area contributed by atoms with Gasteiger partial charge >= 0.3 is 0 Å². The average molecular weight is 519 g/mol. The Labute approximate surface area is 222 Å². The zero-order valence-electron chi connectivity index (χ0n) is 23.4. The van der Waals surface area contributed by atoms with Gasteiger partial charge in [-0.25, -0.2) is 9.97 Å². The van der Waals surface area contributed by atoms with E-state index in [2.05, 4.69) is 48.8 Å². The molecule has 0 bridgehead atoms. The van der Waals surface area contributed by atoms with E-state index < -0.39 is 13.5 Å². The van der Waals surface area contributed by atoms with E-state index >= 15 is 0 Å². The number of aromatic nitrogens is 3. The number of carbonyl (C=O) groups excluding carboxylic acids is 1. The number of carbonyl (C=O) groups is 1. The molecular formula is C30H42N4O2Si. The SMILES string of the molecule is CC(C)(C)C(=O)c1cn(COCC[Si](C)(C)C)c2ncc(-c3cccc(N4C[C@H]5CCC[C@H]5C4)c3)nc12. The van der Waals surface area contributed by atoms with Gasteiger partial charge in [-0.1, -0.05) is 59.0 Å². The highest BCUT2D eigenvalue weighted by Gasteiger charge is 2.36. The zero-order valence-corrected chi connectivity index (χ0v) is 24.4. The highest BCUT2D eigenvalue weighted by Crippen LogP contribution is 2.40. The molecule has 0 radical (unpaired) electrons. The van der Waals surface area contributed by atoms with Gasteiger partial charge in [-0.2, -0.15) is 0 Å². The van der Waals surface area contributed by atoms with Crippen molar-refractivity contribution >= 4 is 30.7 Å². The van der Waals surface area contributed by atoms with Gasteiger partial charge in [0, 0.05) is 50.6 Å². The Hall–Kier alpha value is -2.51. The Morgan fingerprint density at radius 3 is 2.54 bits per heavy atom. The van der Waals surface area contributed by atoms with Gasteiger partial charge in [0.25, 0.3) is 0 Å². The molecule has 3 heterocycles. The number of Topliss-reactive ketones (excluding diaryl/α,β-unsaturated/α-hetero) is 1. The van der Waals surface area contributed by atoms with E-state index in [1.807, 2.05) is 37.7 Å². The summed E-state index contributed by atoms with van der Waals surface area (Å²) >= 11 is 0. The van der Waals surface area contributed by atoms with E-state index in [0.29, 0.717) is 30.1 Å². The van der Waals surface area contributed by atoms with Crippen LogP contribution in [0.5, 0.6) is 0 Å². The molecule has 2 aromatic heterocycles. The Balaban J connectivity index is 1.45. The number of ether oxygens (including phenoxy) is 1. The predicted molar refractivity (Wildman–Crippen MR) is 154 cm³/mol. The lowest BCUT2D eigenvalue weighted by atomic mass is 9.87. The van der Waals surface area contributed by atoms with Crippen LogP contribution in [0.4, 0.5) is 5.69 Å². The molecule has 1 aromatic carbocycles. The van der Waals surface area contributed by atoms with Crippen LogP contribution < -0.4 is 4.90 Å². The molecule has 0 amide bonds. The molecule has 198 valence electrons. The number of ketones is 1. The second-order valence-electron chi connectivity index (χ2n) is 13.3. The summed E-state index contributed by atoms with van der Waals surface area (Å²) in [6.45, 7) is 16.3. The van der Waals surface area contributed by atoms with Gasteiger partial charge in [0.05, 0.1) is 17.5 Å². The molecule has 5 rings (SSSR count). The van der Waals surface area contributed by atoms with Crippen LogP contribution in [-0.2, 0) is 11.5 Å². The van der Waals surface area contributed by atoms with Crippen molar-refractivity contribution in [3.8, 4) is 11.3 Å². The van der Waals surface area contributed by atoms with Crippen LogP contribution in [-0.4, -0.2) is 48.1 Å². The maximum atomic E-state index is 13.4. The van der Waals surface area contributed by atoms with Gasteiger partial charge in [0.15, 0.2) is 11.4 Å². The van der Waals surface area contributed by atoms with Gasteiger partial charge in [-0.05, 0) is 42.9 Å². The molecule has 3 aromatic rings. The van der Waals surface area contributed by atoms with Crippen molar-refractivity contribution in [2.24, 2.45) is 17.3 Å². The van der Waals surface area contributed by atoms with E-state index in [0.717, 1.165) is 42.2 Å². The minimum Gasteiger partial charge on any atom is -0.371 e. The third kappa shape index (κ3) is 5.67. The summed E-state index contributed by atoms with van der Waals surface area (Å²) in [7, 11) is -1.17. The summed E-state index contributed by atoms with van der Waals surface area (Å²) in [5.74, 6) is 1.76. The Morgan fingerprint density at radius 2 is 1.86 bits per heavy atom. The summed E-state index contributed by atoms with van der Waals surface area (Å²) in [6.07, 6.45) is 7.84. The van der Waals surface area contributed by atoms with E-state index in [9.17, 15) is 4.79 Å². The van der Waals surface area contributed by atoms with Crippen molar-refractivity contribution in [2.45, 2.75) is 72.4 Å². The fourth-order valence-corrected chi connectivity index (χ4v) is 6.47. The predicted octanol–water partition coefficient (Wildman–Crippen LogP) is 6.88. The normalized spacial score (nSPS) is 20.1. The fraction of sp³-hybridized carbons (Fsp3) is 0.567. The number of fused-ring (bicyclic) bond motifs is 2. The van der Waals surface area contributed by atoms with E-state index in [1.165, 1.54) is 24.9 Å². The van der Waals surface area contributed by atoms with Crippen LogP contribution >= 0.6 is 0 Å². The maximum absolute atomic E-state index is 13.4. The second kappa shape index (κ2) is 9.99. The molecule has 0 spiro atoms. The van der Waals surface area contributed by atoms with E-state index in [-0.39, 0.29) is 5.78 Å². The van der Waals surface area contributed by atoms with Crippen molar-refractivity contribution in [3.05, 3.63) is 42.2 Å².